The van der Waals surface area contributed by atoms with Crippen molar-refractivity contribution in [3.05, 3.63) is 34.1 Å². The summed E-state index contributed by atoms with van der Waals surface area (Å²) in [6.07, 6.45) is 1.70. The predicted octanol–water partition coefficient (Wildman–Crippen LogP) is 2.06. The van der Waals surface area contributed by atoms with Crippen molar-refractivity contribution in [2.24, 2.45) is 5.92 Å². The molecular formula is C13H16FN3O3. The van der Waals surface area contributed by atoms with Gasteiger partial charge in [0, 0.05) is 6.07 Å². The van der Waals surface area contributed by atoms with Gasteiger partial charge in [-0.25, -0.2) is 4.39 Å². The zero-order valence-corrected chi connectivity index (χ0v) is 11.1. The molecule has 2 unspecified atom stereocenters. The van der Waals surface area contributed by atoms with Crippen LogP contribution in [0.2, 0.25) is 0 Å². The molecule has 1 aliphatic heterocycles. The summed E-state index contributed by atoms with van der Waals surface area (Å²) in [6, 6.07) is 2.81. The SMILES string of the molecule is CC1CCNC(C(=O)Nc2ccc([N+](=O)[O-])cc2F)C1. The number of nitro benzene ring substituents is 1. The second-order valence-corrected chi connectivity index (χ2v) is 5.05. The number of piperidine rings is 1. The van der Waals surface area contributed by atoms with E-state index in [1.165, 1.54) is 6.07 Å². The summed E-state index contributed by atoms with van der Waals surface area (Å²) in [5, 5.41) is 16.1. The molecule has 1 heterocycles. The minimum absolute atomic E-state index is 0.0411. The van der Waals surface area contributed by atoms with Crippen molar-refractivity contribution in [3.8, 4) is 0 Å². The van der Waals surface area contributed by atoms with Crippen molar-refractivity contribution in [2.75, 3.05) is 11.9 Å². The highest BCUT2D eigenvalue weighted by Gasteiger charge is 2.25. The van der Waals surface area contributed by atoms with E-state index in [0.717, 1.165) is 25.1 Å². The number of anilines is 1. The number of carbonyl (C=O) groups is 1. The van der Waals surface area contributed by atoms with Crippen molar-refractivity contribution >= 4 is 17.3 Å². The molecule has 20 heavy (non-hydrogen) atoms. The Morgan fingerprint density at radius 1 is 1.55 bits per heavy atom. The van der Waals surface area contributed by atoms with Gasteiger partial charge in [-0.2, -0.15) is 0 Å². The normalized spacial score (nSPS) is 22.3. The number of nitrogens with one attached hydrogen (secondary N) is 2. The number of amides is 1. The molecule has 6 nitrogen and oxygen atoms in total. The van der Waals surface area contributed by atoms with Gasteiger partial charge >= 0.3 is 0 Å². The Bertz CT molecular complexity index is 536. The summed E-state index contributed by atoms with van der Waals surface area (Å²) in [6.45, 7) is 2.82. The quantitative estimate of drug-likeness (QED) is 0.656. The van der Waals surface area contributed by atoms with Crippen LogP contribution in [0.3, 0.4) is 0 Å². The minimum Gasteiger partial charge on any atom is -0.322 e. The fourth-order valence-corrected chi connectivity index (χ4v) is 2.25. The van der Waals surface area contributed by atoms with Gasteiger partial charge in [-0.1, -0.05) is 6.92 Å². The van der Waals surface area contributed by atoms with E-state index in [4.69, 9.17) is 0 Å². The Labute approximate surface area is 115 Å². The van der Waals surface area contributed by atoms with Crippen LogP contribution in [0.4, 0.5) is 15.8 Å². The third kappa shape index (κ3) is 3.30. The second-order valence-electron chi connectivity index (χ2n) is 5.05. The highest BCUT2D eigenvalue weighted by atomic mass is 19.1. The molecule has 7 heteroatoms. The molecule has 0 bridgehead atoms. The smallest absolute Gasteiger partial charge is 0.272 e. The van der Waals surface area contributed by atoms with Crippen LogP contribution in [-0.4, -0.2) is 23.4 Å². The van der Waals surface area contributed by atoms with E-state index in [1.54, 1.807) is 0 Å². The molecule has 1 fully saturated rings. The highest BCUT2D eigenvalue weighted by molar-refractivity contribution is 5.95. The summed E-state index contributed by atoms with van der Waals surface area (Å²) in [7, 11) is 0. The Kier molecular flexibility index (Phi) is 4.29. The van der Waals surface area contributed by atoms with E-state index < -0.39 is 10.7 Å². The lowest BCUT2D eigenvalue weighted by atomic mass is 9.94. The largest absolute Gasteiger partial charge is 0.322 e. The van der Waals surface area contributed by atoms with E-state index in [1.807, 2.05) is 0 Å². The van der Waals surface area contributed by atoms with Gasteiger partial charge in [0.15, 0.2) is 5.82 Å². The second kappa shape index (κ2) is 5.96. The molecule has 0 aliphatic carbocycles. The third-order valence-electron chi connectivity index (χ3n) is 3.40. The summed E-state index contributed by atoms with van der Waals surface area (Å²) in [5.74, 6) is -0.686. The zero-order chi connectivity index (χ0) is 14.7. The average Bonchev–Trinajstić information content (AvgIpc) is 2.40. The molecule has 1 amide bonds. The Morgan fingerprint density at radius 2 is 2.30 bits per heavy atom. The number of benzene rings is 1. The molecule has 1 aromatic rings. The summed E-state index contributed by atoms with van der Waals surface area (Å²) in [5.41, 5.74) is -0.384. The Morgan fingerprint density at radius 3 is 2.90 bits per heavy atom. The number of hydrogen-bond donors (Lipinski definition) is 2. The van der Waals surface area contributed by atoms with E-state index in [0.29, 0.717) is 12.3 Å². The van der Waals surface area contributed by atoms with Crippen molar-refractivity contribution in [2.45, 2.75) is 25.8 Å². The van der Waals surface area contributed by atoms with Crippen molar-refractivity contribution in [3.63, 3.8) is 0 Å². The van der Waals surface area contributed by atoms with Gasteiger partial charge < -0.3 is 10.6 Å². The molecule has 0 aromatic heterocycles. The summed E-state index contributed by atoms with van der Waals surface area (Å²) >= 11 is 0. The maximum absolute atomic E-state index is 13.7. The molecule has 2 rings (SSSR count). The van der Waals surface area contributed by atoms with Crippen LogP contribution in [0.1, 0.15) is 19.8 Å². The van der Waals surface area contributed by atoms with Gasteiger partial charge in [-0.05, 0) is 31.4 Å². The molecule has 2 N–H and O–H groups in total. The summed E-state index contributed by atoms with van der Waals surface area (Å²) < 4.78 is 13.7. The molecule has 1 aliphatic rings. The number of nitro groups is 1. The van der Waals surface area contributed by atoms with Crippen LogP contribution < -0.4 is 10.6 Å². The molecule has 0 radical (unpaired) electrons. The lowest BCUT2D eigenvalue weighted by Crippen LogP contribution is -2.45. The first-order valence-corrected chi connectivity index (χ1v) is 6.45. The van der Waals surface area contributed by atoms with Crippen molar-refractivity contribution < 1.29 is 14.1 Å². The molecule has 0 saturated carbocycles. The standard InChI is InChI=1S/C13H16FN3O3/c1-8-4-5-15-12(6-8)13(18)16-11-3-2-9(17(19)20)7-10(11)14/h2-3,7-8,12,15H,4-6H2,1H3,(H,16,18). The number of non-ortho nitro benzene ring substituents is 1. The first kappa shape index (κ1) is 14.4. The molecular weight excluding hydrogens is 265 g/mol. The topological polar surface area (TPSA) is 84.3 Å². The number of carbonyl (C=O) groups excluding carboxylic acids is 1. The number of nitrogens with zero attached hydrogens (tertiary/aromatic N) is 1. The van der Waals surface area contributed by atoms with Crippen molar-refractivity contribution in [1.29, 1.82) is 0 Å². The number of rotatable bonds is 3. The van der Waals surface area contributed by atoms with Crippen LogP contribution in [-0.2, 0) is 4.79 Å². The number of halogens is 1. The average molecular weight is 281 g/mol. The van der Waals surface area contributed by atoms with Gasteiger partial charge in [-0.3, -0.25) is 14.9 Å². The van der Waals surface area contributed by atoms with Crippen LogP contribution in [0.5, 0.6) is 0 Å². The molecule has 0 spiro atoms. The van der Waals surface area contributed by atoms with Gasteiger partial charge in [0.25, 0.3) is 5.69 Å². The maximum Gasteiger partial charge on any atom is 0.272 e. The predicted molar refractivity (Wildman–Crippen MR) is 71.9 cm³/mol. The highest BCUT2D eigenvalue weighted by Crippen LogP contribution is 2.22. The van der Waals surface area contributed by atoms with Crippen LogP contribution >= 0.6 is 0 Å². The monoisotopic (exact) mass is 281 g/mol. The molecule has 108 valence electrons. The zero-order valence-electron chi connectivity index (χ0n) is 11.1. The summed E-state index contributed by atoms with van der Waals surface area (Å²) in [4.78, 5) is 21.8. The number of hydrogen-bond acceptors (Lipinski definition) is 4. The van der Waals surface area contributed by atoms with E-state index in [2.05, 4.69) is 17.6 Å². The van der Waals surface area contributed by atoms with Gasteiger partial charge in [0.05, 0.1) is 22.7 Å². The fraction of sp³-hybridized carbons (Fsp3) is 0.462. The van der Waals surface area contributed by atoms with E-state index in [9.17, 15) is 19.3 Å². The Balaban J connectivity index is 2.06. The van der Waals surface area contributed by atoms with Crippen LogP contribution in [0, 0.1) is 21.8 Å². The van der Waals surface area contributed by atoms with E-state index in [-0.39, 0.29) is 23.3 Å². The maximum atomic E-state index is 13.7. The fourth-order valence-electron chi connectivity index (χ4n) is 2.25. The Hall–Kier alpha value is -2.02. The first-order valence-electron chi connectivity index (χ1n) is 6.45. The minimum atomic E-state index is -0.809. The molecule has 1 aromatic carbocycles. The molecule has 2 atom stereocenters. The van der Waals surface area contributed by atoms with Crippen molar-refractivity contribution in [1.82, 2.24) is 5.32 Å². The van der Waals surface area contributed by atoms with Gasteiger partial charge in [0.1, 0.15) is 0 Å². The van der Waals surface area contributed by atoms with Crippen LogP contribution in [0.25, 0.3) is 0 Å². The van der Waals surface area contributed by atoms with Gasteiger partial charge in [-0.15, -0.1) is 0 Å². The van der Waals surface area contributed by atoms with Gasteiger partial charge in [0.2, 0.25) is 5.91 Å². The van der Waals surface area contributed by atoms with Crippen LogP contribution in [0.15, 0.2) is 18.2 Å². The van der Waals surface area contributed by atoms with E-state index >= 15 is 0 Å². The lowest BCUT2D eigenvalue weighted by Gasteiger charge is -2.27. The first-order chi connectivity index (χ1) is 9.47. The lowest BCUT2D eigenvalue weighted by molar-refractivity contribution is -0.385. The third-order valence-corrected chi connectivity index (χ3v) is 3.40. The molecule has 1 saturated heterocycles.